The second-order valence-electron chi connectivity index (χ2n) is 6.22. The second kappa shape index (κ2) is 7.53. The van der Waals surface area contributed by atoms with Gasteiger partial charge in [0.05, 0.1) is 4.90 Å². The zero-order valence-corrected chi connectivity index (χ0v) is 15.2. The van der Waals surface area contributed by atoms with Crippen LogP contribution in [0.4, 0.5) is 0 Å². The zero-order chi connectivity index (χ0) is 17.9. The Hall–Kier alpha value is -1.93. The van der Waals surface area contributed by atoms with Crippen molar-refractivity contribution >= 4 is 27.0 Å². The monoisotopic (exact) mass is 365 g/mol. The zero-order valence-electron chi connectivity index (χ0n) is 14.3. The van der Waals surface area contributed by atoms with Crippen molar-refractivity contribution in [3.63, 3.8) is 0 Å². The van der Waals surface area contributed by atoms with Gasteiger partial charge >= 0.3 is 0 Å². The molecule has 1 fully saturated rings. The van der Waals surface area contributed by atoms with Crippen LogP contribution in [0.1, 0.15) is 32.6 Å². The predicted octanol–water partition coefficient (Wildman–Crippen LogP) is 2.24. The molecular weight excluding hydrogens is 342 g/mol. The average molecular weight is 365 g/mol. The fourth-order valence-corrected chi connectivity index (χ4v) is 4.50. The van der Waals surface area contributed by atoms with E-state index in [9.17, 15) is 13.2 Å². The highest BCUT2D eigenvalue weighted by molar-refractivity contribution is 7.89. The SMILES string of the molecule is CCCCC(=O)N1CCCN(S(=O)(=O)c2ccc3ncoc3c2)CC1. The molecule has 0 aliphatic carbocycles. The van der Waals surface area contributed by atoms with Gasteiger partial charge in [-0.25, -0.2) is 13.4 Å². The molecule has 25 heavy (non-hydrogen) atoms. The number of nitrogens with zero attached hydrogens (tertiary/aromatic N) is 3. The van der Waals surface area contributed by atoms with Gasteiger partial charge in [0, 0.05) is 38.7 Å². The summed E-state index contributed by atoms with van der Waals surface area (Å²) in [6.45, 7) is 3.82. The van der Waals surface area contributed by atoms with Crippen molar-refractivity contribution in [1.29, 1.82) is 0 Å². The Labute approximate surface area is 147 Å². The predicted molar refractivity (Wildman–Crippen MR) is 93.5 cm³/mol. The van der Waals surface area contributed by atoms with Gasteiger partial charge in [0.25, 0.3) is 0 Å². The number of benzene rings is 1. The number of hydrogen-bond donors (Lipinski definition) is 0. The van der Waals surface area contributed by atoms with Crippen LogP contribution in [0.25, 0.3) is 11.1 Å². The number of fused-ring (bicyclic) bond motifs is 1. The second-order valence-corrected chi connectivity index (χ2v) is 8.16. The van der Waals surface area contributed by atoms with Crippen LogP contribution in [0.3, 0.4) is 0 Å². The van der Waals surface area contributed by atoms with Crippen LogP contribution in [0.5, 0.6) is 0 Å². The van der Waals surface area contributed by atoms with Gasteiger partial charge in [-0.3, -0.25) is 4.79 Å². The standard InChI is InChI=1S/C17H23N3O4S/c1-2-3-5-17(21)19-8-4-9-20(11-10-19)25(22,23)14-6-7-15-16(12-14)24-13-18-15/h6-7,12-13H,2-5,8-11H2,1H3. The molecule has 0 unspecified atom stereocenters. The van der Waals surface area contributed by atoms with Gasteiger partial charge in [-0.05, 0) is 25.0 Å². The molecule has 2 aromatic rings. The van der Waals surface area contributed by atoms with Crippen LogP contribution in [0.15, 0.2) is 33.9 Å². The van der Waals surface area contributed by atoms with Crippen LogP contribution in [-0.4, -0.2) is 54.7 Å². The molecule has 2 heterocycles. The molecular formula is C17H23N3O4S. The van der Waals surface area contributed by atoms with Crippen LogP contribution >= 0.6 is 0 Å². The Morgan fingerprint density at radius 3 is 2.88 bits per heavy atom. The molecule has 0 spiro atoms. The maximum Gasteiger partial charge on any atom is 0.243 e. The van der Waals surface area contributed by atoms with E-state index >= 15 is 0 Å². The minimum absolute atomic E-state index is 0.115. The summed E-state index contributed by atoms with van der Waals surface area (Å²) < 4.78 is 32.5. The fourth-order valence-electron chi connectivity index (χ4n) is 3.01. The molecule has 8 heteroatoms. The summed E-state index contributed by atoms with van der Waals surface area (Å²) in [5.41, 5.74) is 1.08. The van der Waals surface area contributed by atoms with Gasteiger partial charge in [-0.1, -0.05) is 13.3 Å². The lowest BCUT2D eigenvalue weighted by Crippen LogP contribution is -2.37. The van der Waals surface area contributed by atoms with Gasteiger partial charge in [0.15, 0.2) is 12.0 Å². The third-order valence-electron chi connectivity index (χ3n) is 4.49. The molecule has 7 nitrogen and oxygen atoms in total. The van der Waals surface area contributed by atoms with Crippen molar-refractivity contribution in [3.8, 4) is 0 Å². The highest BCUT2D eigenvalue weighted by Crippen LogP contribution is 2.22. The molecule has 0 N–H and O–H groups in total. The largest absolute Gasteiger partial charge is 0.443 e. The number of unbranched alkanes of at least 4 members (excludes halogenated alkanes) is 1. The van der Waals surface area contributed by atoms with Crippen molar-refractivity contribution in [3.05, 3.63) is 24.6 Å². The van der Waals surface area contributed by atoms with Crippen molar-refractivity contribution in [2.24, 2.45) is 0 Å². The molecule has 3 rings (SSSR count). The molecule has 0 saturated carbocycles. The maximum absolute atomic E-state index is 12.9. The quantitative estimate of drug-likeness (QED) is 0.811. The lowest BCUT2D eigenvalue weighted by molar-refractivity contribution is -0.131. The molecule has 0 bridgehead atoms. The third-order valence-corrected chi connectivity index (χ3v) is 6.39. The normalized spacial score (nSPS) is 16.9. The van der Waals surface area contributed by atoms with Crippen molar-refractivity contribution in [1.82, 2.24) is 14.2 Å². The Morgan fingerprint density at radius 2 is 2.08 bits per heavy atom. The first-order chi connectivity index (χ1) is 12.0. The molecule has 1 aliphatic rings. The van der Waals surface area contributed by atoms with Crippen LogP contribution < -0.4 is 0 Å². The molecule has 1 aromatic carbocycles. The topological polar surface area (TPSA) is 83.7 Å². The summed E-state index contributed by atoms with van der Waals surface area (Å²) in [5, 5.41) is 0. The van der Waals surface area contributed by atoms with Gasteiger partial charge in [-0.15, -0.1) is 0 Å². The van der Waals surface area contributed by atoms with E-state index in [0.717, 1.165) is 12.8 Å². The van der Waals surface area contributed by atoms with E-state index in [1.807, 2.05) is 0 Å². The Kier molecular flexibility index (Phi) is 5.39. The summed E-state index contributed by atoms with van der Waals surface area (Å²) in [7, 11) is -3.61. The Morgan fingerprint density at radius 1 is 1.24 bits per heavy atom. The summed E-state index contributed by atoms with van der Waals surface area (Å²) in [5.74, 6) is 0.115. The van der Waals surface area contributed by atoms with Crippen LogP contribution in [0, 0.1) is 0 Å². The number of amides is 1. The smallest absolute Gasteiger partial charge is 0.243 e. The first kappa shape index (κ1) is 17.9. The van der Waals surface area contributed by atoms with Gasteiger partial charge in [0.1, 0.15) is 5.52 Å². The van der Waals surface area contributed by atoms with Crippen LogP contribution in [-0.2, 0) is 14.8 Å². The highest BCUT2D eigenvalue weighted by Gasteiger charge is 2.28. The number of carbonyl (C=O) groups is 1. The molecule has 136 valence electrons. The molecule has 0 atom stereocenters. The van der Waals surface area contributed by atoms with E-state index in [1.165, 1.54) is 16.8 Å². The van der Waals surface area contributed by atoms with Gasteiger partial charge in [0.2, 0.25) is 15.9 Å². The van der Waals surface area contributed by atoms with Crippen molar-refractivity contribution in [2.45, 2.75) is 37.5 Å². The molecule has 1 saturated heterocycles. The Bertz CT molecular complexity index is 846. The number of sulfonamides is 1. The van der Waals surface area contributed by atoms with Crippen molar-refractivity contribution < 1.29 is 17.6 Å². The molecule has 0 radical (unpaired) electrons. The van der Waals surface area contributed by atoms with E-state index in [0.29, 0.717) is 50.1 Å². The molecule has 1 amide bonds. The van der Waals surface area contributed by atoms with Crippen molar-refractivity contribution in [2.75, 3.05) is 26.2 Å². The lowest BCUT2D eigenvalue weighted by atomic mass is 10.2. The maximum atomic E-state index is 12.9. The number of carbonyl (C=O) groups excluding carboxylic acids is 1. The molecule has 1 aromatic heterocycles. The highest BCUT2D eigenvalue weighted by atomic mass is 32.2. The van der Waals surface area contributed by atoms with Gasteiger partial charge < -0.3 is 9.32 Å². The summed E-state index contributed by atoms with van der Waals surface area (Å²) in [6, 6.07) is 4.70. The number of oxazole rings is 1. The first-order valence-corrected chi connectivity index (χ1v) is 10.1. The van der Waals surface area contributed by atoms with E-state index in [-0.39, 0.29) is 10.8 Å². The summed E-state index contributed by atoms with van der Waals surface area (Å²) in [4.78, 5) is 18.2. The lowest BCUT2D eigenvalue weighted by Gasteiger charge is -2.22. The summed E-state index contributed by atoms with van der Waals surface area (Å²) >= 11 is 0. The summed E-state index contributed by atoms with van der Waals surface area (Å²) in [6.07, 6.45) is 4.32. The number of hydrogen-bond acceptors (Lipinski definition) is 5. The van der Waals surface area contributed by atoms with Crippen LogP contribution in [0.2, 0.25) is 0 Å². The third kappa shape index (κ3) is 3.85. The van der Waals surface area contributed by atoms with Gasteiger partial charge in [-0.2, -0.15) is 4.31 Å². The van der Waals surface area contributed by atoms with E-state index in [4.69, 9.17) is 4.42 Å². The van der Waals surface area contributed by atoms with E-state index in [1.54, 1.807) is 17.0 Å². The molecule has 1 aliphatic heterocycles. The fraction of sp³-hybridized carbons (Fsp3) is 0.529. The van der Waals surface area contributed by atoms with E-state index in [2.05, 4.69) is 11.9 Å². The minimum Gasteiger partial charge on any atom is -0.443 e. The number of aromatic nitrogens is 1. The van der Waals surface area contributed by atoms with E-state index < -0.39 is 10.0 Å². The average Bonchev–Trinajstić information content (AvgIpc) is 2.93. The number of rotatable bonds is 5. The first-order valence-electron chi connectivity index (χ1n) is 8.63. The Balaban J connectivity index is 1.73. The minimum atomic E-state index is -3.61.